The molecule has 2 aliphatic heterocycles. The number of hydrogen-bond donors (Lipinski definition) is 0. The van der Waals surface area contributed by atoms with Crippen molar-refractivity contribution >= 4 is 34.6 Å². The molecule has 2 saturated heterocycles. The summed E-state index contributed by atoms with van der Waals surface area (Å²) in [6.07, 6.45) is 4.56. The van der Waals surface area contributed by atoms with Crippen molar-refractivity contribution in [1.82, 2.24) is 4.90 Å². The van der Waals surface area contributed by atoms with E-state index in [1.165, 1.54) is 35.9 Å². The number of hydrogen-bond acceptors (Lipinski definition) is 4. The number of anilines is 1. The van der Waals surface area contributed by atoms with Gasteiger partial charge < -0.3 is 4.90 Å². The minimum atomic E-state index is 0.0657. The lowest BCUT2D eigenvalue weighted by Crippen LogP contribution is -2.28. The van der Waals surface area contributed by atoms with E-state index in [9.17, 15) is 4.79 Å². The van der Waals surface area contributed by atoms with Crippen LogP contribution in [0.4, 0.5) is 5.69 Å². The molecular formula is C19H25N3OS. The van der Waals surface area contributed by atoms with Gasteiger partial charge >= 0.3 is 0 Å². The van der Waals surface area contributed by atoms with E-state index in [-0.39, 0.29) is 5.91 Å². The zero-order valence-corrected chi connectivity index (χ0v) is 15.5. The molecule has 1 aromatic carbocycles. The van der Waals surface area contributed by atoms with E-state index in [1.807, 2.05) is 19.9 Å². The van der Waals surface area contributed by atoms with Crippen LogP contribution in [0.2, 0.25) is 0 Å². The van der Waals surface area contributed by atoms with Crippen molar-refractivity contribution in [2.24, 2.45) is 4.99 Å². The molecule has 0 spiro atoms. The topological polar surface area (TPSA) is 35.9 Å². The fourth-order valence-electron chi connectivity index (χ4n) is 3.27. The minimum absolute atomic E-state index is 0.0657. The standard InChI is InChI=1S/C19H25N3OS/c1-4-20-19-22(5-2)18(23)17(24-19)13-15-8-9-16(14(3)12-15)21-10-6-7-11-21/h8-9,12-13H,4-7,10-11H2,1-3H3/b17-13-,20-19?. The zero-order valence-electron chi connectivity index (χ0n) is 14.7. The molecule has 1 amide bonds. The number of likely N-dealkylation sites (N-methyl/N-ethyl adjacent to an activating group) is 1. The molecule has 0 unspecified atom stereocenters. The summed E-state index contributed by atoms with van der Waals surface area (Å²) in [4.78, 5) is 21.9. The summed E-state index contributed by atoms with van der Waals surface area (Å²) >= 11 is 1.48. The summed E-state index contributed by atoms with van der Waals surface area (Å²) < 4.78 is 0. The molecular weight excluding hydrogens is 318 g/mol. The number of carbonyl (C=O) groups is 1. The normalized spacial score (nSPS) is 21.5. The molecule has 0 bridgehead atoms. The second-order valence-corrected chi connectivity index (χ2v) is 7.17. The molecule has 5 heteroatoms. The number of thioether (sulfide) groups is 1. The van der Waals surface area contributed by atoms with Gasteiger partial charge in [-0.3, -0.25) is 14.7 Å². The van der Waals surface area contributed by atoms with Gasteiger partial charge in [0.25, 0.3) is 5.91 Å². The fourth-order valence-corrected chi connectivity index (χ4v) is 4.38. The van der Waals surface area contributed by atoms with Gasteiger partial charge in [-0.25, -0.2) is 0 Å². The molecule has 0 aromatic heterocycles. The Kier molecular flexibility index (Phi) is 5.29. The maximum atomic E-state index is 12.5. The second kappa shape index (κ2) is 7.43. The summed E-state index contributed by atoms with van der Waals surface area (Å²) in [5.74, 6) is 0.0657. The van der Waals surface area contributed by atoms with Gasteiger partial charge in [-0.15, -0.1) is 0 Å². The Morgan fingerprint density at radius 1 is 1.25 bits per heavy atom. The maximum Gasteiger partial charge on any atom is 0.266 e. The van der Waals surface area contributed by atoms with E-state index in [2.05, 4.69) is 35.0 Å². The third-order valence-corrected chi connectivity index (χ3v) is 5.51. The van der Waals surface area contributed by atoms with E-state index in [1.54, 1.807) is 4.90 Å². The van der Waals surface area contributed by atoms with Crippen molar-refractivity contribution in [3.63, 3.8) is 0 Å². The van der Waals surface area contributed by atoms with Crippen molar-refractivity contribution in [3.8, 4) is 0 Å². The molecule has 24 heavy (non-hydrogen) atoms. The molecule has 128 valence electrons. The smallest absolute Gasteiger partial charge is 0.266 e. The van der Waals surface area contributed by atoms with Crippen LogP contribution in [-0.4, -0.2) is 42.2 Å². The van der Waals surface area contributed by atoms with Crippen LogP contribution in [0.5, 0.6) is 0 Å². The third-order valence-electron chi connectivity index (χ3n) is 4.46. The summed E-state index contributed by atoms with van der Waals surface area (Å²) in [7, 11) is 0. The maximum absolute atomic E-state index is 12.5. The molecule has 0 N–H and O–H groups in total. The van der Waals surface area contributed by atoms with Crippen molar-refractivity contribution in [3.05, 3.63) is 34.2 Å². The van der Waals surface area contributed by atoms with Crippen LogP contribution in [0.15, 0.2) is 28.1 Å². The first-order chi connectivity index (χ1) is 11.6. The number of rotatable bonds is 4. The molecule has 0 radical (unpaired) electrons. The van der Waals surface area contributed by atoms with Crippen molar-refractivity contribution < 1.29 is 4.79 Å². The Labute approximate surface area is 148 Å². The van der Waals surface area contributed by atoms with E-state index >= 15 is 0 Å². The van der Waals surface area contributed by atoms with Crippen molar-refractivity contribution in [2.45, 2.75) is 33.6 Å². The molecule has 2 fully saturated rings. The van der Waals surface area contributed by atoms with Crippen LogP contribution >= 0.6 is 11.8 Å². The highest BCUT2D eigenvalue weighted by Gasteiger charge is 2.31. The number of nitrogens with zero attached hydrogens (tertiary/aromatic N) is 3. The first-order valence-electron chi connectivity index (χ1n) is 8.75. The Balaban J connectivity index is 1.84. The molecule has 4 nitrogen and oxygen atoms in total. The first kappa shape index (κ1) is 17.1. The number of aryl methyl sites for hydroxylation is 1. The number of benzene rings is 1. The first-order valence-corrected chi connectivity index (χ1v) is 9.57. The van der Waals surface area contributed by atoms with Gasteiger partial charge in [0.15, 0.2) is 5.17 Å². The Morgan fingerprint density at radius 3 is 2.62 bits per heavy atom. The molecule has 0 saturated carbocycles. The lowest BCUT2D eigenvalue weighted by Gasteiger charge is -2.20. The van der Waals surface area contributed by atoms with Crippen LogP contribution in [0.1, 0.15) is 37.8 Å². The number of carbonyl (C=O) groups excluding carboxylic acids is 1. The van der Waals surface area contributed by atoms with E-state index < -0.39 is 0 Å². The Morgan fingerprint density at radius 2 is 2.00 bits per heavy atom. The van der Waals surface area contributed by atoms with Gasteiger partial charge in [0.1, 0.15) is 0 Å². The molecule has 1 aromatic rings. The van der Waals surface area contributed by atoms with E-state index in [0.29, 0.717) is 13.1 Å². The van der Waals surface area contributed by atoms with Gasteiger partial charge in [-0.1, -0.05) is 6.07 Å². The van der Waals surface area contributed by atoms with Crippen LogP contribution in [0.3, 0.4) is 0 Å². The summed E-state index contributed by atoms with van der Waals surface area (Å²) in [6, 6.07) is 6.49. The van der Waals surface area contributed by atoms with Gasteiger partial charge in [0.05, 0.1) is 4.91 Å². The van der Waals surface area contributed by atoms with Gasteiger partial charge in [-0.05, 0) is 74.7 Å². The van der Waals surface area contributed by atoms with Crippen molar-refractivity contribution in [2.75, 3.05) is 31.1 Å². The highest BCUT2D eigenvalue weighted by molar-refractivity contribution is 8.18. The van der Waals surface area contributed by atoms with Crippen molar-refractivity contribution in [1.29, 1.82) is 0 Å². The monoisotopic (exact) mass is 343 g/mol. The quantitative estimate of drug-likeness (QED) is 0.778. The lowest BCUT2D eigenvalue weighted by molar-refractivity contribution is -0.122. The van der Waals surface area contributed by atoms with E-state index in [0.717, 1.165) is 28.7 Å². The predicted octanol–water partition coefficient (Wildman–Crippen LogP) is 3.91. The largest absolute Gasteiger partial charge is 0.371 e. The van der Waals surface area contributed by atoms with E-state index in [4.69, 9.17) is 0 Å². The number of aliphatic imine (C=N–C) groups is 1. The lowest BCUT2D eigenvalue weighted by atomic mass is 10.1. The Bertz CT molecular complexity index is 690. The van der Waals surface area contributed by atoms with Crippen LogP contribution in [0, 0.1) is 6.92 Å². The molecule has 3 rings (SSSR count). The summed E-state index contributed by atoms with van der Waals surface area (Å²) in [5, 5.41) is 0.821. The zero-order chi connectivity index (χ0) is 17.1. The second-order valence-electron chi connectivity index (χ2n) is 6.16. The van der Waals surface area contributed by atoms with Crippen LogP contribution < -0.4 is 4.90 Å². The average molecular weight is 343 g/mol. The summed E-state index contributed by atoms with van der Waals surface area (Å²) in [6.45, 7) is 9.80. The molecule has 2 aliphatic rings. The van der Waals surface area contributed by atoms with Crippen LogP contribution in [-0.2, 0) is 4.79 Å². The SMILES string of the molecule is CCN=C1S/C(=C\c2ccc(N3CCCC3)c(C)c2)C(=O)N1CC. The Hall–Kier alpha value is -1.75. The molecule has 2 heterocycles. The van der Waals surface area contributed by atoms with Gasteiger partial charge in [0, 0.05) is 31.9 Å². The van der Waals surface area contributed by atoms with Crippen LogP contribution in [0.25, 0.3) is 6.08 Å². The number of amidine groups is 1. The number of amides is 1. The highest BCUT2D eigenvalue weighted by Crippen LogP contribution is 2.33. The van der Waals surface area contributed by atoms with Gasteiger partial charge in [-0.2, -0.15) is 0 Å². The minimum Gasteiger partial charge on any atom is -0.371 e. The fraction of sp³-hybridized carbons (Fsp3) is 0.474. The third kappa shape index (κ3) is 3.36. The average Bonchev–Trinajstić information content (AvgIpc) is 3.17. The molecule has 0 atom stereocenters. The summed E-state index contributed by atoms with van der Waals surface area (Å²) in [5.41, 5.74) is 3.68. The highest BCUT2D eigenvalue weighted by atomic mass is 32.2. The molecule has 0 aliphatic carbocycles. The predicted molar refractivity (Wildman–Crippen MR) is 104 cm³/mol. The van der Waals surface area contributed by atoms with Gasteiger partial charge in [0.2, 0.25) is 0 Å².